The molecule has 0 unspecified atom stereocenters. The van der Waals surface area contributed by atoms with Gasteiger partial charge in [0.25, 0.3) is 5.91 Å². The Morgan fingerprint density at radius 3 is 2.48 bits per heavy atom. The van der Waals surface area contributed by atoms with Crippen LogP contribution in [0.2, 0.25) is 5.02 Å². The Kier molecular flexibility index (Phi) is 7.90. The highest BCUT2D eigenvalue weighted by atomic mass is 35.5. The average molecular weight is 594 g/mol. The lowest BCUT2D eigenvalue weighted by atomic mass is 10.0. The predicted molar refractivity (Wildman–Crippen MR) is 170 cm³/mol. The van der Waals surface area contributed by atoms with Crippen molar-refractivity contribution in [3.05, 3.63) is 137 Å². The van der Waals surface area contributed by atoms with Gasteiger partial charge in [0.1, 0.15) is 11.8 Å². The number of carbonyl (C=O) groups excluding carboxylic acids is 1. The third-order valence-electron chi connectivity index (χ3n) is 7.14. The van der Waals surface area contributed by atoms with E-state index in [1.165, 1.54) is 0 Å². The Morgan fingerprint density at radius 2 is 1.74 bits per heavy atom. The lowest BCUT2D eigenvalue weighted by Gasteiger charge is -2.29. The minimum absolute atomic E-state index is 0.0825. The highest BCUT2D eigenvalue weighted by molar-refractivity contribution is 7.80. The third kappa shape index (κ3) is 5.72. The molecule has 2 N–H and O–H groups in total. The Morgan fingerprint density at radius 1 is 0.976 bits per heavy atom. The molecule has 1 saturated heterocycles. The first-order valence-corrected chi connectivity index (χ1v) is 14.3. The van der Waals surface area contributed by atoms with Gasteiger partial charge in [-0.05, 0) is 104 Å². The van der Waals surface area contributed by atoms with Crippen LogP contribution in [-0.4, -0.2) is 27.2 Å². The van der Waals surface area contributed by atoms with Crippen molar-refractivity contribution in [3.8, 4) is 11.4 Å². The largest absolute Gasteiger partial charge is 0.484 e. The number of ether oxygens (including phenoxy) is 1. The van der Waals surface area contributed by atoms with Gasteiger partial charge < -0.3 is 24.8 Å². The molecule has 9 heteroatoms. The minimum Gasteiger partial charge on any atom is -0.484 e. The Labute approximate surface area is 254 Å². The summed E-state index contributed by atoms with van der Waals surface area (Å²) in [5.74, 6) is 0.402. The highest BCUT2D eigenvalue weighted by Gasteiger charge is 2.42. The van der Waals surface area contributed by atoms with Crippen LogP contribution in [0, 0.1) is 6.92 Å². The molecule has 42 heavy (non-hydrogen) atoms. The topological polar surface area (TPSA) is 71.4 Å². The molecule has 3 aromatic carbocycles. The number of rotatable bonds is 8. The molecule has 7 nitrogen and oxygen atoms in total. The van der Waals surface area contributed by atoms with E-state index in [1.54, 1.807) is 6.20 Å². The second-order valence-corrected chi connectivity index (χ2v) is 10.7. The zero-order valence-electron chi connectivity index (χ0n) is 22.8. The molecule has 5 aromatic rings. The summed E-state index contributed by atoms with van der Waals surface area (Å²) in [5.41, 5.74) is 5.47. The maximum atomic E-state index is 12.5. The number of amides is 1. The van der Waals surface area contributed by atoms with Crippen molar-refractivity contribution in [1.82, 2.24) is 14.9 Å². The van der Waals surface area contributed by atoms with Crippen LogP contribution in [0.15, 0.2) is 116 Å². The SMILES string of the molecule is Cc1cc(-n2cccc2[C@H]2[C@H](c3ccccn3)NC(=S)N2c2ccc(NC(=O)COc3ccccc3)cc2)ccc1Cl. The van der Waals surface area contributed by atoms with Crippen LogP contribution in [0.4, 0.5) is 11.4 Å². The van der Waals surface area contributed by atoms with Gasteiger partial charge in [-0.2, -0.15) is 0 Å². The van der Waals surface area contributed by atoms with Crippen molar-refractivity contribution in [2.75, 3.05) is 16.8 Å². The molecule has 0 spiro atoms. The predicted octanol–water partition coefficient (Wildman–Crippen LogP) is 7.03. The third-order valence-corrected chi connectivity index (χ3v) is 7.88. The summed E-state index contributed by atoms with van der Waals surface area (Å²) < 4.78 is 7.73. The normalized spacial score (nSPS) is 16.2. The number of thiocarbonyl (C=S) groups is 1. The standard InChI is InChI=1S/C33H28ClN5O2S/c1-22-20-25(16-17-27(22)34)38-19-7-11-29(38)32-31(28-10-5-6-18-35-28)37-33(42)39(32)24-14-12-23(13-15-24)36-30(40)21-41-26-8-3-2-4-9-26/h2-20,31-32H,21H2,1H3,(H,36,40)(H,37,42)/t31-,32-/m0/s1. The fourth-order valence-electron chi connectivity index (χ4n) is 5.15. The highest BCUT2D eigenvalue weighted by Crippen LogP contribution is 2.42. The molecule has 0 saturated carbocycles. The number of halogens is 1. The number of pyridine rings is 1. The van der Waals surface area contributed by atoms with Gasteiger partial charge in [0.2, 0.25) is 0 Å². The molecule has 1 aliphatic heterocycles. The maximum absolute atomic E-state index is 12.5. The molecular weight excluding hydrogens is 566 g/mol. The molecule has 2 atom stereocenters. The van der Waals surface area contributed by atoms with Crippen molar-refractivity contribution in [2.24, 2.45) is 0 Å². The number of para-hydroxylation sites is 1. The first kappa shape index (κ1) is 27.5. The van der Waals surface area contributed by atoms with Crippen LogP contribution >= 0.6 is 23.8 Å². The van der Waals surface area contributed by atoms with E-state index in [1.807, 2.05) is 104 Å². The summed E-state index contributed by atoms with van der Waals surface area (Å²) in [6.07, 6.45) is 3.84. The minimum atomic E-state index is -0.242. The summed E-state index contributed by atoms with van der Waals surface area (Å²) >= 11 is 12.2. The van der Waals surface area contributed by atoms with Crippen molar-refractivity contribution < 1.29 is 9.53 Å². The van der Waals surface area contributed by atoms with E-state index in [9.17, 15) is 4.79 Å². The first-order chi connectivity index (χ1) is 20.5. The second kappa shape index (κ2) is 12.1. The lowest BCUT2D eigenvalue weighted by molar-refractivity contribution is -0.118. The summed E-state index contributed by atoms with van der Waals surface area (Å²) in [4.78, 5) is 19.3. The van der Waals surface area contributed by atoms with Gasteiger partial charge in [0, 0.05) is 40.2 Å². The van der Waals surface area contributed by atoms with Crippen LogP contribution in [0.5, 0.6) is 5.75 Å². The summed E-state index contributed by atoms with van der Waals surface area (Å²) in [6.45, 7) is 1.92. The number of nitrogens with zero attached hydrogens (tertiary/aromatic N) is 3. The van der Waals surface area contributed by atoms with Crippen LogP contribution in [0.3, 0.4) is 0 Å². The van der Waals surface area contributed by atoms with Gasteiger partial charge >= 0.3 is 0 Å². The molecule has 1 aliphatic rings. The Hall–Kier alpha value is -4.66. The number of anilines is 2. The number of nitrogens with one attached hydrogen (secondary N) is 2. The fraction of sp³-hybridized carbons (Fsp3) is 0.121. The molecule has 210 valence electrons. The quantitative estimate of drug-likeness (QED) is 0.188. The summed E-state index contributed by atoms with van der Waals surface area (Å²) in [7, 11) is 0. The second-order valence-electron chi connectivity index (χ2n) is 9.93. The zero-order chi connectivity index (χ0) is 29.1. The molecule has 6 rings (SSSR count). The van der Waals surface area contributed by atoms with Gasteiger partial charge in [-0.3, -0.25) is 9.78 Å². The molecule has 0 aliphatic carbocycles. The number of carbonyl (C=O) groups is 1. The lowest BCUT2D eigenvalue weighted by Crippen LogP contribution is -2.30. The average Bonchev–Trinajstić information content (AvgIpc) is 3.63. The van der Waals surface area contributed by atoms with Crippen LogP contribution in [0.1, 0.15) is 29.0 Å². The van der Waals surface area contributed by atoms with Crippen molar-refractivity contribution in [1.29, 1.82) is 0 Å². The van der Waals surface area contributed by atoms with Gasteiger partial charge in [-0.1, -0.05) is 35.9 Å². The number of hydrogen-bond donors (Lipinski definition) is 2. The molecule has 0 bridgehead atoms. The van der Waals surface area contributed by atoms with E-state index >= 15 is 0 Å². The number of aryl methyl sites for hydroxylation is 1. The van der Waals surface area contributed by atoms with E-state index in [0.717, 1.165) is 33.3 Å². The van der Waals surface area contributed by atoms with Gasteiger partial charge in [0.15, 0.2) is 11.7 Å². The Bertz CT molecular complexity index is 1710. The molecule has 2 aromatic heterocycles. The fourth-order valence-corrected chi connectivity index (χ4v) is 5.61. The maximum Gasteiger partial charge on any atom is 0.262 e. The van der Waals surface area contributed by atoms with Crippen LogP contribution < -0.4 is 20.3 Å². The van der Waals surface area contributed by atoms with Gasteiger partial charge in [-0.25, -0.2) is 0 Å². The summed E-state index contributed by atoms with van der Waals surface area (Å²) in [6, 6.07) is 32.5. The van der Waals surface area contributed by atoms with Gasteiger partial charge in [-0.15, -0.1) is 0 Å². The molecule has 0 radical (unpaired) electrons. The van der Waals surface area contributed by atoms with E-state index in [0.29, 0.717) is 16.5 Å². The van der Waals surface area contributed by atoms with Crippen molar-refractivity contribution in [2.45, 2.75) is 19.0 Å². The van der Waals surface area contributed by atoms with Crippen molar-refractivity contribution in [3.63, 3.8) is 0 Å². The number of hydrogen-bond acceptors (Lipinski definition) is 4. The number of aromatic nitrogens is 2. The zero-order valence-corrected chi connectivity index (χ0v) is 24.3. The molecule has 1 fully saturated rings. The molecule has 3 heterocycles. The van der Waals surface area contributed by atoms with E-state index in [4.69, 9.17) is 28.6 Å². The van der Waals surface area contributed by atoms with Crippen molar-refractivity contribution >= 4 is 46.2 Å². The molecule has 1 amide bonds. The van der Waals surface area contributed by atoms with Crippen LogP contribution in [0.25, 0.3) is 5.69 Å². The summed E-state index contributed by atoms with van der Waals surface area (Å²) in [5, 5.41) is 7.72. The molecular formula is C33H28ClN5O2S. The smallest absolute Gasteiger partial charge is 0.262 e. The van der Waals surface area contributed by atoms with E-state index < -0.39 is 0 Å². The van der Waals surface area contributed by atoms with Gasteiger partial charge in [0.05, 0.1) is 11.7 Å². The van der Waals surface area contributed by atoms with E-state index in [2.05, 4.69) is 37.2 Å². The number of benzene rings is 3. The van der Waals surface area contributed by atoms with E-state index in [-0.39, 0.29) is 24.6 Å². The van der Waals surface area contributed by atoms with Crippen LogP contribution in [-0.2, 0) is 4.79 Å². The monoisotopic (exact) mass is 593 g/mol. The Balaban J connectivity index is 1.29. The first-order valence-electron chi connectivity index (χ1n) is 13.5.